The molecule has 0 aromatic heterocycles. The number of rotatable bonds is 4. The third kappa shape index (κ3) is 3.39. The lowest BCUT2D eigenvalue weighted by molar-refractivity contribution is 0.0696. The molecule has 0 atom stereocenters. The third-order valence-electron chi connectivity index (χ3n) is 3.12. The van der Waals surface area contributed by atoms with Gasteiger partial charge in [0.2, 0.25) is 0 Å². The molecular formula is C16H15NO4. The summed E-state index contributed by atoms with van der Waals surface area (Å²) in [5.41, 5.74) is 1.72. The summed E-state index contributed by atoms with van der Waals surface area (Å²) in [5, 5.41) is 21.1. The second-order valence-corrected chi connectivity index (χ2v) is 4.54. The molecule has 0 aliphatic rings. The number of phenolic OH excluding ortho intramolecular Hbond substituents is 1. The zero-order valence-electron chi connectivity index (χ0n) is 11.5. The summed E-state index contributed by atoms with van der Waals surface area (Å²) in [4.78, 5) is 22.8. The lowest BCUT2D eigenvalue weighted by Crippen LogP contribution is -2.12. The van der Waals surface area contributed by atoms with Crippen LogP contribution in [0, 0.1) is 0 Å². The van der Waals surface area contributed by atoms with E-state index < -0.39 is 5.97 Å². The van der Waals surface area contributed by atoms with E-state index >= 15 is 0 Å². The molecule has 0 aliphatic carbocycles. The second-order valence-electron chi connectivity index (χ2n) is 4.54. The topological polar surface area (TPSA) is 86.6 Å². The minimum absolute atomic E-state index is 0.0437. The molecule has 2 aromatic rings. The van der Waals surface area contributed by atoms with Gasteiger partial charge in [-0.25, -0.2) is 4.79 Å². The highest BCUT2D eigenvalue weighted by Crippen LogP contribution is 2.25. The second kappa shape index (κ2) is 6.09. The average molecular weight is 285 g/mol. The smallest absolute Gasteiger partial charge is 0.335 e. The normalized spacial score (nSPS) is 10.1. The molecule has 3 N–H and O–H groups in total. The molecule has 1 amide bonds. The van der Waals surface area contributed by atoms with Crippen molar-refractivity contribution in [3.63, 3.8) is 0 Å². The van der Waals surface area contributed by atoms with Gasteiger partial charge in [0.25, 0.3) is 5.91 Å². The highest BCUT2D eigenvalue weighted by molar-refractivity contribution is 6.05. The van der Waals surface area contributed by atoms with Crippen LogP contribution in [0.2, 0.25) is 0 Å². The Morgan fingerprint density at radius 3 is 2.19 bits per heavy atom. The van der Waals surface area contributed by atoms with Gasteiger partial charge >= 0.3 is 5.97 Å². The van der Waals surface area contributed by atoms with E-state index in [1.54, 1.807) is 12.1 Å². The SMILES string of the molecule is CCc1ccc(C(=O)Nc2ccc(C(=O)O)cc2O)cc1. The molecule has 0 radical (unpaired) electrons. The predicted molar refractivity (Wildman–Crippen MR) is 78.8 cm³/mol. The zero-order valence-corrected chi connectivity index (χ0v) is 11.5. The van der Waals surface area contributed by atoms with Gasteiger partial charge < -0.3 is 15.5 Å². The van der Waals surface area contributed by atoms with Crippen molar-refractivity contribution >= 4 is 17.6 Å². The van der Waals surface area contributed by atoms with Crippen LogP contribution in [-0.2, 0) is 6.42 Å². The van der Waals surface area contributed by atoms with Gasteiger partial charge in [-0.2, -0.15) is 0 Å². The number of carbonyl (C=O) groups excluding carboxylic acids is 1. The van der Waals surface area contributed by atoms with E-state index in [1.807, 2.05) is 19.1 Å². The first kappa shape index (κ1) is 14.6. The van der Waals surface area contributed by atoms with Crippen LogP contribution in [0.25, 0.3) is 0 Å². The standard InChI is InChI=1S/C16H15NO4/c1-2-10-3-5-11(6-4-10)15(19)17-13-8-7-12(16(20)21)9-14(13)18/h3-9,18H,2H2,1H3,(H,17,19)(H,20,21). The molecule has 0 spiro atoms. The Balaban J connectivity index is 2.17. The van der Waals surface area contributed by atoms with E-state index in [9.17, 15) is 14.7 Å². The maximum absolute atomic E-state index is 12.0. The number of carbonyl (C=O) groups is 2. The summed E-state index contributed by atoms with van der Waals surface area (Å²) in [7, 11) is 0. The lowest BCUT2D eigenvalue weighted by Gasteiger charge is -2.08. The minimum Gasteiger partial charge on any atom is -0.506 e. The first-order chi connectivity index (χ1) is 10.0. The van der Waals surface area contributed by atoms with E-state index in [0.717, 1.165) is 18.1 Å². The fourth-order valence-corrected chi connectivity index (χ4v) is 1.86. The number of carboxylic acids is 1. The minimum atomic E-state index is -1.14. The maximum Gasteiger partial charge on any atom is 0.335 e. The van der Waals surface area contributed by atoms with Gasteiger partial charge in [-0.1, -0.05) is 19.1 Å². The summed E-state index contributed by atoms with van der Waals surface area (Å²) < 4.78 is 0. The largest absolute Gasteiger partial charge is 0.506 e. The highest BCUT2D eigenvalue weighted by atomic mass is 16.4. The van der Waals surface area contributed by atoms with Gasteiger partial charge in [0, 0.05) is 5.56 Å². The fourth-order valence-electron chi connectivity index (χ4n) is 1.86. The first-order valence-electron chi connectivity index (χ1n) is 6.48. The number of aromatic carboxylic acids is 1. The number of nitrogens with one attached hydrogen (secondary N) is 1. The quantitative estimate of drug-likeness (QED) is 0.754. The number of benzene rings is 2. The van der Waals surface area contributed by atoms with Crippen molar-refractivity contribution < 1.29 is 19.8 Å². The Hall–Kier alpha value is -2.82. The van der Waals surface area contributed by atoms with Crippen LogP contribution in [0.4, 0.5) is 5.69 Å². The zero-order chi connectivity index (χ0) is 15.4. The molecule has 0 fully saturated rings. The Bertz CT molecular complexity index is 677. The van der Waals surface area contributed by atoms with Crippen molar-refractivity contribution in [3.05, 3.63) is 59.2 Å². The van der Waals surface area contributed by atoms with Crippen LogP contribution < -0.4 is 5.32 Å². The molecule has 5 nitrogen and oxygen atoms in total. The molecule has 108 valence electrons. The van der Waals surface area contributed by atoms with Crippen molar-refractivity contribution in [2.75, 3.05) is 5.32 Å². The van der Waals surface area contributed by atoms with Crippen molar-refractivity contribution in [3.8, 4) is 5.75 Å². The molecule has 0 saturated carbocycles. The van der Waals surface area contributed by atoms with Gasteiger partial charge in [-0.15, -0.1) is 0 Å². The lowest BCUT2D eigenvalue weighted by atomic mass is 10.1. The summed E-state index contributed by atoms with van der Waals surface area (Å²) >= 11 is 0. The Morgan fingerprint density at radius 1 is 1.05 bits per heavy atom. The van der Waals surface area contributed by atoms with E-state index in [-0.39, 0.29) is 22.9 Å². The molecule has 0 saturated heterocycles. The van der Waals surface area contributed by atoms with E-state index in [0.29, 0.717) is 5.56 Å². The average Bonchev–Trinajstić information content (AvgIpc) is 2.49. The number of anilines is 1. The summed E-state index contributed by atoms with van der Waals surface area (Å²) in [6.07, 6.45) is 0.888. The molecule has 5 heteroatoms. The van der Waals surface area contributed by atoms with Gasteiger partial charge in [0.1, 0.15) is 5.75 Å². The van der Waals surface area contributed by atoms with Gasteiger partial charge in [-0.3, -0.25) is 4.79 Å². The van der Waals surface area contributed by atoms with Gasteiger partial charge in [-0.05, 0) is 42.3 Å². The highest BCUT2D eigenvalue weighted by Gasteiger charge is 2.11. The maximum atomic E-state index is 12.0. The summed E-state index contributed by atoms with van der Waals surface area (Å²) in [5.74, 6) is -1.79. The van der Waals surface area contributed by atoms with Crippen molar-refractivity contribution in [1.29, 1.82) is 0 Å². The molecule has 0 aliphatic heterocycles. The monoisotopic (exact) mass is 285 g/mol. The number of aryl methyl sites for hydroxylation is 1. The van der Waals surface area contributed by atoms with Crippen LogP contribution >= 0.6 is 0 Å². The Kier molecular flexibility index (Phi) is 4.23. The summed E-state index contributed by atoms with van der Waals surface area (Å²) in [6, 6.07) is 10.9. The Labute approximate surface area is 121 Å². The van der Waals surface area contributed by atoms with Crippen molar-refractivity contribution in [2.45, 2.75) is 13.3 Å². The molecular weight excluding hydrogens is 270 g/mol. The third-order valence-corrected chi connectivity index (χ3v) is 3.12. The fraction of sp³-hybridized carbons (Fsp3) is 0.125. The van der Waals surface area contributed by atoms with E-state index in [1.165, 1.54) is 12.1 Å². The predicted octanol–water partition coefficient (Wildman–Crippen LogP) is 2.91. The molecule has 2 rings (SSSR count). The van der Waals surface area contributed by atoms with Crippen molar-refractivity contribution in [2.24, 2.45) is 0 Å². The van der Waals surface area contributed by atoms with Crippen LogP contribution in [-0.4, -0.2) is 22.1 Å². The Morgan fingerprint density at radius 2 is 1.67 bits per heavy atom. The van der Waals surface area contributed by atoms with Crippen LogP contribution in [0.1, 0.15) is 33.2 Å². The molecule has 0 bridgehead atoms. The number of hydrogen-bond donors (Lipinski definition) is 3. The van der Waals surface area contributed by atoms with Crippen LogP contribution in [0.5, 0.6) is 5.75 Å². The number of amides is 1. The molecule has 0 unspecified atom stereocenters. The molecule has 0 heterocycles. The van der Waals surface area contributed by atoms with E-state index in [2.05, 4.69) is 5.32 Å². The van der Waals surface area contributed by atoms with E-state index in [4.69, 9.17) is 5.11 Å². The van der Waals surface area contributed by atoms with Crippen LogP contribution in [0.15, 0.2) is 42.5 Å². The molecule has 2 aromatic carbocycles. The van der Waals surface area contributed by atoms with Crippen LogP contribution in [0.3, 0.4) is 0 Å². The van der Waals surface area contributed by atoms with Gasteiger partial charge in [0.05, 0.1) is 11.3 Å². The number of phenols is 1. The first-order valence-corrected chi connectivity index (χ1v) is 6.48. The number of hydrogen-bond acceptors (Lipinski definition) is 3. The van der Waals surface area contributed by atoms with Gasteiger partial charge in [0.15, 0.2) is 0 Å². The van der Waals surface area contributed by atoms with Crippen molar-refractivity contribution in [1.82, 2.24) is 0 Å². The number of carboxylic acid groups (broad SMARTS) is 1. The summed E-state index contributed by atoms with van der Waals surface area (Å²) in [6.45, 7) is 2.02. The molecule has 21 heavy (non-hydrogen) atoms. The number of aromatic hydroxyl groups is 1.